The molecule has 0 radical (unpaired) electrons. The maximum atomic E-state index is 14.1. The van der Waals surface area contributed by atoms with E-state index in [1.807, 2.05) is 25.1 Å². The van der Waals surface area contributed by atoms with Crippen molar-refractivity contribution >= 4 is 92.1 Å². The third-order valence-corrected chi connectivity index (χ3v) is 9.61. The normalized spacial score (nSPS) is 15.4. The third kappa shape index (κ3) is 9.45. The first kappa shape index (κ1) is 36.9. The first-order chi connectivity index (χ1) is 23.7. The zero-order valence-electron chi connectivity index (χ0n) is 27.7. The molecular formula is C36H41Cl4N7O2. The summed E-state index contributed by atoms with van der Waals surface area (Å²) in [6.45, 7) is 4.19. The molecule has 260 valence electrons. The average molecular weight is 746 g/mol. The van der Waals surface area contributed by atoms with Crippen LogP contribution in [-0.4, -0.2) is 32.6 Å². The number of carbonyl (C=O) groups is 2. The maximum absolute atomic E-state index is 14.1. The highest BCUT2D eigenvalue weighted by Crippen LogP contribution is 2.39. The lowest BCUT2D eigenvalue weighted by Crippen LogP contribution is -2.36. The van der Waals surface area contributed by atoms with Gasteiger partial charge in [0.25, 0.3) is 5.91 Å². The van der Waals surface area contributed by atoms with Gasteiger partial charge in [-0.25, -0.2) is 14.7 Å². The van der Waals surface area contributed by atoms with Gasteiger partial charge in [0, 0.05) is 17.1 Å². The van der Waals surface area contributed by atoms with Gasteiger partial charge in [-0.1, -0.05) is 129 Å². The number of fused-ring (bicyclic) bond motifs is 1. The summed E-state index contributed by atoms with van der Waals surface area (Å²) < 4.78 is 1.49. The fraction of sp³-hybridized carbons (Fsp3) is 0.417. The predicted octanol–water partition coefficient (Wildman–Crippen LogP) is 10.8. The van der Waals surface area contributed by atoms with E-state index in [-0.39, 0.29) is 27.5 Å². The van der Waals surface area contributed by atoms with Gasteiger partial charge in [0.05, 0.1) is 26.3 Å². The molecule has 49 heavy (non-hydrogen) atoms. The largest absolute Gasteiger partial charge is 0.326 e. The molecule has 2 N–H and O–H groups in total. The molecule has 4 aromatic rings. The second-order valence-electron chi connectivity index (χ2n) is 12.4. The molecule has 1 saturated heterocycles. The molecule has 1 aliphatic rings. The van der Waals surface area contributed by atoms with Crippen LogP contribution < -0.4 is 15.8 Å². The number of aromatic nitrogens is 3. The number of nitrogens with one attached hydrogen (secondary N) is 2. The second-order valence-corrected chi connectivity index (χ2v) is 14.1. The number of halogens is 4. The number of unbranched alkanes of at least 4 members (excludes halogenated alkanes) is 10. The number of hydrazine groups is 1. The Bertz CT molecular complexity index is 1800. The van der Waals surface area contributed by atoms with E-state index in [4.69, 9.17) is 51.4 Å². The predicted molar refractivity (Wildman–Crippen MR) is 202 cm³/mol. The van der Waals surface area contributed by atoms with E-state index < -0.39 is 11.9 Å². The number of benzene rings is 3. The lowest BCUT2D eigenvalue weighted by atomic mass is 10.1. The minimum atomic E-state index is -1.06. The Labute approximate surface area is 307 Å². The van der Waals surface area contributed by atoms with Crippen LogP contribution in [0.3, 0.4) is 0 Å². The molecule has 0 saturated carbocycles. The zero-order chi connectivity index (χ0) is 34.9. The molecule has 1 aliphatic heterocycles. The van der Waals surface area contributed by atoms with E-state index in [0.29, 0.717) is 38.9 Å². The summed E-state index contributed by atoms with van der Waals surface area (Å²) in [7, 11) is 0. The minimum absolute atomic E-state index is 0.0773. The minimum Gasteiger partial charge on any atom is -0.326 e. The van der Waals surface area contributed by atoms with Crippen LogP contribution in [0.15, 0.2) is 53.5 Å². The number of amidine groups is 1. The fourth-order valence-electron chi connectivity index (χ4n) is 5.91. The molecular weight excluding hydrogens is 704 g/mol. The Kier molecular flexibility index (Phi) is 13.2. The molecule has 0 spiro atoms. The van der Waals surface area contributed by atoms with Crippen LogP contribution in [0.2, 0.25) is 20.1 Å². The van der Waals surface area contributed by atoms with Gasteiger partial charge in [0.2, 0.25) is 5.91 Å². The Morgan fingerprint density at radius 1 is 0.857 bits per heavy atom. The van der Waals surface area contributed by atoms with Crippen molar-refractivity contribution in [3.05, 3.63) is 74.2 Å². The van der Waals surface area contributed by atoms with Crippen LogP contribution in [-0.2, 0) is 9.59 Å². The van der Waals surface area contributed by atoms with E-state index in [1.165, 1.54) is 73.2 Å². The number of aliphatic imine (C=N–C) groups is 1. The van der Waals surface area contributed by atoms with Crippen LogP contribution in [0.5, 0.6) is 0 Å². The van der Waals surface area contributed by atoms with Crippen molar-refractivity contribution in [2.45, 2.75) is 96.9 Å². The van der Waals surface area contributed by atoms with E-state index in [9.17, 15) is 9.59 Å². The zero-order valence-corrected chi connectivity index (χ0v) is 30.8. The summed E-state index contributed by atoms with van der Waals surface area (Å²) >= 11 is 25.8. The Morgan fingerprint density at radius 3 is 2.18 bits per heavy atom. The number of anilines is 2. The molecule has 2 heterocycles. The van der Waals surface area contributed by atoms with E-state index in [2.05, 4.69) is 28.0 Å². The third-order valence-electron chi connectivity index (χ3n) is 8.49. The van der Waals surface area contributed by atoms with Crippen LogP contribution in [0, 0.1) is 6.92 Å². The van der Waals surface area contributed by atoms with Crippen LogP contribution in [0.4, 0.5) is 17.1 Å². The van der Waals surface area contributed by atoms with Gasteiger partial charge in [-0.3, -0.25) is 15.0 Å². The number of amides is 2. The Hall–Kier alpha value is -3.37. The number of rotatable bonds is 16. The molecule has 1 aromatic heterocycles. The van der Waals surface area contributed by atoms with Crippen molar-refractivity contribution in [2.24, 2.45) is 4.99 Å². The highest BCUT2D eigenvalue weighted by atomic mass is 35.5. The molecule has 5 rings (SSSR count). The van der Waals surface area contributed by atoms with Gasteiger partial charge in [-0.15, -0.1) is 5.10 Å². The van der Waals surface area contributed by atoms with Crippen molar-refractivity contribution < 1.29 is 9.59 Å². The van der Waals surface area contributed by atoms with Gasteiger partial charge in [-0.2, -0.15) is 0 Å². The van der Waals surface area contributed by atoms with Crippen molar-refractivity contribution in [2.75, 3.05) is 10.3 Å². The molecule has 2 amide bonds. The Morgan fingerprint density at radius 2 is 1.51 bits per heavy atom. The van der Waals surface area contributed by atoms with Crippen LogP contribution >= 0.6 is 46.4 Å². The van der Waals surface area contributed by atoms with Gasteiger partial charge in [-0.05, 0) is 61.4 Å². The molecule has 3 aromatic carbocycles. The quantitative estimate of drug-likeness (QED) is 0.111. The molecule has 1 unspecified atom stereocenters. The summed E-state index contributed by atoms with van der Waals surface area (Å²) in [4.78, 5) is 31.7. The molecule has 9 nitrogen and oxygen atoms in total. The first-order valence-electron chi connectivity index (χ1n) is 16.9. The summed E-state index contributed by atoms with van der Waals surface area (Å²) in [6, 6.07) is 12.6. The van der Waals surface area contributed by atoms with Crippen LogP contribution in [0.25, 0.3) is 11.0 Å². The average Bonchev–Trinajstić information content (AvgIpc) is 3.60. The van der Waals surface area contributed by atoms with Gasteiger partial charge < -0.3 is 5.32 Å². The highest BCUT2D eigenvalue weighted by Gasteiger charge is 2.43. The number of hydrogen-bond donors (Lipinski definition) is 2. The molecule has 1 atom stereocenters. The van der Waals surface area contributed by atoms with E-state index >= 15 is 0 Å². The van der Waals surface area contributed by atoms with E-state index in [0.717, 1.165) is 24.8 Å². The molecule has 13 heteroatoms. The van der Waals surface area contributed by atoms with Crippen molar-refractivity contribution in [3.8, 4) is 0 Å². The molecule has 0 aliphatic carbocycles. The van der Waals surface area contributed by atoms with Crippen molar-refractivity contribution in [3.63, 3.8) is 0 Å². The Balaban J connectivity index is 1.30. The van der Waals surface area contributed by atoms with Crippen LogP contribution in [0.1, 0.15) is 95.6 Å². The fourth-order valence-corrected chi connectivity index (χ4v) is 7.06. The summed E-state index contributed by atoms with van der Waals surface area (Å²) in [5.41, 5.74) is 6.40. The molecule has 0 bridgehead atoms. The monoisotopic (exact) mass is 743 g/mol. The molecule has 1 fully saturated rings. The van der Waals surface area contributed by atoms with Gasteiger partial charge >= 0.3 is 0 Å². The first-order valence-corrected chi connectivity index (χ1v) is 18.4. The topological polar surface area (TPSA) is 105 Å². The summed E-state index contributed by atoms with van der Waals surface area (Å²) in [6.07, 6.45) is 13.8. The van der Waals surface area contributed by atoms with Crippen molar-refractivity contribution in [1.82, 2.24) is 20.4 Å². The summed E-state index contributed by atoms with van der Waals surface area (Å²) in [5.74, 6) is -0.331. The number of hydrogen-bond acceptors (Lipinski definition) is 5. The standard InChI is InChI=1S/C36H41Cl4N7O2/c1-3-4-5-6-7-8-9-10-11-12-13-14-32(48)41-25-16-17-26(38)29(22-25)42-35-34(46-31-18-15-23(2)19-30(31)43-45-46)36(49)47(44-35)33-27(39)20-24(37)21-28(33)40/h15-22,34H,3-14H2,1-2H3,(H,41,48)(H,42,44). The number of aryl methyl sites for hydroxylation is 1. The lowest BCUT2D eigenvalue weighted by molar-refractivity contribution is -0.119. The SMILES string of the molecule is CCCCCCCCCCCCCC(=O)Nc1ccc(Cl)c(N=C2NN(c3c(Cl)cc(Cl)cc3Cl)C(=O)C2n2nnc3cc(C)ccc32)c1. The lowest BCUT2D eigenvalue weighted by Gasteiger charge is -2.19. The smallest absolute Gasteiger partial charge is 0.278 e. The van der Waals surface area contributed by atoms with Gasteiger partial charge in [0.1, 0.15) is 11.2 Å². The van der Waals surface area contributed by atoms with E-state index in [1.54, 1.807) is 18.2 Å². The number of nitrogens with zero attached hydrogens (tertiary/aromatic N) is 5. The maximum Gasteiger partial charge on any atom is 0.278 e. The van der Waals surface area contributed by atoms with Crippen molar-refractivity contribution in [1.29, 1.82) is 0 Å². The summed E-state index contributed by atoms with van der Waals surface area (Å²) in [5, 5.41) is 13.8. The number of carbonyl (C=O) groups excluding carboxylic acids is 2. The highest BCUT2D eigenvalue weighted by molar-refractivity contribution is 6.43. The van der Waals surface area contributed by atoms with Gasteiger partial charge in [0.15, 0.2) is 11.9 Å². The second kappa shape index (κ2) is 17.5.